The molecule has 0 saturated heterocycles. The first-order valence-corrected chi connectivity index (χ1v) is 9.27. The predicted octanol–water partition coefficient (Wildman–Crippen LogP) is 3.97. The van der Waals surface area contributed by atoms with Gasteiger partial charge >= 0.3 is 0 Å². The van der Waals surface area contributed by atoms with Gasteiger partial charge in [0.05, 0.1) is 17.7 Å². The molecule has 4 aromatic rings. The Morgan fingerprint density at radius 3 is 2.54 bits per heavy atom. The summed E-state index contributed by atoms with van der Waals surface area (Å²) in [4.78, 5) is 4.06. The Morgan fingerprint density at radius 1 is 1.04 bits per heavy atom. The molecule has 0 aliphatic rings. The van der Waals surface area contributed by atoms with Crippen molar-refractivity contribution in [3.63, 3.8) is 0 Å². The van der Waals surface area contributed by atoms with Gasteiger partial charge in [-0.3, -0.25) is 0 Å². The molecular formula is C22H22FN5. The van der Waals surface area contributed by atoms with Gasteiger partial charge in [0.1, 0.15) is 5.82 Å². The normalized spacial score (nSPS) is 11.1. The number of aromatic nitrogens is 4. The Labute approximate surface area is 163 Å². The second-order valence-electron chi connectivity index (χ2n) is 6.77. The average Bonchev–Trinajstić information content (AvgIpc) is 3.36. The van der Waals surface area contributed by atoms with Crippen LogP contribution in [0.25, 0.3) is 16.9 Å². The number of imidazole rings is 1. The standard InChI is InChI=1S/C22H22FN5/c1-17-2-4-18(5-3-17)22-19(14-24-10-12-27-13-11-25-16-27)15-28(26-22)21-8-6-20(23)7-9-21/h2-9,11,13,15-16,24H,10,12,14H2,1H3. The maximum atomic E-state index is 13.3. The number of hydrogen-bond donors (Lipinski definition) is 1. The molecule has 5 nitrogen and oxygen atoms in total. The molecule has 2 aromatic heterocycles. The fraction of sp³-hybridized carbons (Fsp3) is 0.182. The third-order valence-electron chi connectivity index (χ3n) is 4.63. The molecule has 0 atom stereocenters. The first-order chi connectivity index (χ1) is 13.7. The van der Waals surface area contributed by atoms with E-state index in [9.17, 15) is 4.39 Å². The number of aryl methyl sites for hydroxylation is 1. The van der Waals surface area contributed by atoms with Crippen LogP contribution in [0.3, 0.4) is 0 Å². The van der Waals surface area contributed by atoms with E-state index in [4.69, 9.17) is 5.10 Å². The van der Waals surface area contributed by atoms with Crippen LogP contribution in [0.15, 0.2) is 73.4 Å². The zero-order valence-electron chi connectivity index (χ0n) is 15.7. The first kappa shape index (κ1) is 18.1. The van der Waals surface area contributed by atoms with Crippen LogP contribution in [-0.4, -0.2) is 25.9 Å². The summed E-state index contributed by atoms with van der Waals surface area (Å²) < 4.78 is 17.1. The molecule has 2 aromatic carbocycles. The summed E-state index contributed by atoms with van der Waals surface area (Å²) in [5, 5.41) is 8.25. The summed E-state index contributed by atoms with van der Waals surface area (Å²) in [6, 6.07) is 14.7. The minimum atomic E-state index is -0.254. The Hall–Kier alpha value is -3.25. The van der Waals surface area contributed by atoms with Crippen molar-refractivity contribution in [2.24, 2.45) is 0 Å². The molecule has 0 bridgehead atoms. The number of benzene rings is 2. The van der Waals surface area contributed by atoms with E-state index >= 15 is 0 Å². The molecule has 4 rings (SSSR count). The maximum Gasteiger partial charge on any atom is 0.123 e. The fourth-order valence-corrected chi connectivity index (χ4v) is 3.07. The monoisotopic (exact) mass is 375 g/mol. The highest BCUT2D eigenvalue weighted by molar-refractivity contribution is 5.63. The maximum absolute atomic E-state index is 13.3. The highest BCUT2D eigenvalue weighted by Gasteiger charge is 2.12. The van der Waals surface area contributed by atoms with Crippen molar-refractivity contribution >= 4 is 0 Å². The van der Waals surface area contributed by atoms with Gasteiger partial charge in [0.15, 0.2) is 0 Å². The van der Waals surface area contributed by atoms with Crippen molar-refractivity contribution in [3.05, 3.63) is 90.4 Å². The molecule has 1 N–H and O–H groups in total. The Kier molecular flexibility index (Phi) is 5.30. The van der Waals surface area contributed by atoms with Crippen LogP contribution < -0.4 is 5.32 Å². The number of rotatable bonds is 7. The quantitative estimate of drug-likeness (QED) is 0.497. The highest BCUT2D eigenvalue weighted by Crippen LogP contribution is 2.24. The van der Waals surface area contributed by atoms with Crippen LogP contribution >= 0.6 is 0 Å². The van der Waals surface area contributed by atoms with Gasteiger partial charge in [-0.05, 0) is 31.2 Å². The lowest BCUT2D eigenvalue weighted by molar-refractivity contribution is 0.597. The second kappa shape index (κ2) is 8.19. The molecule has 6 heteroatoms. The topological polar surface area (TPSA) is 47.7 Å². The zero-order valence-corrected chi connectivity index (χ0v) is 15.7. The molecule has 0 spiro atoms. The first-order valence-electron chi connectivity index (χ1n) is 9.27. The Balaban J connectivity index is 1.56. The summed E-state index contributed by atoms with van der Waals surface area (Å²) in [7, 11) is 0. The zero-order chi connectivity index (χ0) is 19.3. The molecule has 28 heavy (non-hydrogen) atoms. The fourth-order valence-electron chi connectivity index (χ4n) is 3.07. The molecule has 0 radical (unpaired) electrons. The number of hydrogen-bond acceptors (Lipinski definition) is 3. The van der Waals surface area contributed by atoms with Crippen LogP contribution in [-0.2, 0) is 13.1 Å². The molecule has 0 aliphatic heterocycles. The van der Waals surface area contributed by atoms with E-state index in [2.05, 4.69) is 41.5 Å². The molecule has 0 fully saturated rings. The Morgan fingerprint density at radius 2 is 1.82 bits per heavy atom. The van der Waals surface area contributed by atoms with Crippen molar-refractivity contribution in [1.82, 2.24) is 24.6 Å². The smallest absolute Gasteiger partial charge is 0.123 e. The summed E-state index contributed by atoms with van der Waals surface area (Å²) in [6.45, 7) is 4.44. The lowest BCUT2D eigenvalue weighted by Crippen LogP contribution is -2.19. The van der Waals surface area contributed by atoms with Gasteiger partial charge in [0.2, 0.25) is 0 Å². The molecule has 0 unspecified atom stereocenters. The van der Waals surface area contributed by atoms with E-state index in [-0.39, 0.29) is 5.82 Å². The van der Waals surface area contributed by atoms with E-state index in [0.717, 1.165) is 35.6 Å². The van der Waals surface area contributed by atoms with Crippen molar-refractivity contribution < 1.29 is 4.39 Å². The lowest BCUT2D eigenvalue weighted by atomic mass is 10.1. The third kappa shape index (κ3) is 4.18. The molecule has 2 heterocycles. The summed E-state index contributed by atoms with van der Waals surface area (Å²) in [5.74, 6) is -0.254. The minimum absolute atomic E-state index is 0.254. The molecule has 0 aliphatic carbocycles. The second-order valence-corrected chi connectivity index (χ2v) is 6.77. The van der Waals surface area contributed by atoms with Gasteiger partial charge in [0.25, 0.3) is 0 Å². The van der Waals surface area contributed by atoms with E-state index in [1.807, 2.05) is 28.0 Å². The van der Waals surface area contributed by atoms with Crippen LogP contribution in [0.5, 0.6) is 0 Å². The van der Waals surface area contributed by atoms with Crippen molar-refractivity contribution in [1.29, 1.82) is 0 Å². The summed E-state index contributed by atoms with van der Waals surface area (Å²) in [5.41, 5.74) is 5.14. The molecule has 142 valence electrons. The summed E-state index contributed by atoms with van der Waals surface area (Å²) >= 11 is 0. The van der Waals surface area contributed by atoms with Crippen LogP contribution in [0.2, 0.25) is 0 Å². The van der Waals surface area contributed by atoms with Gasteiger partial charge in [-0.1, -0.05) is 29.8 Å². The summed E-state index contributed by atoms with van der Waals surface area (Å²) in [6.07, 6.45) is 7.55. The van der Waals surface area contributed by atoms with Crippen LogP contribution in [0.4, 0.5) is 4.39 Å². The van der Waals surface area contributed by atoms with E-state index in [1.165, 1.54) is 17.7 Å². The van der Waals surface area contributed by atoms with E-state index in [1.54, 1.807) is 18.3 Å². The van der Waals surface area contributed by atoms with Crippen molar-refractivity contribution in [2.75, 3.05) is 6.54 Å². The van der Waals surface area contributed by atoms with E-state index in [0.29, 0.717) is 6.54 Å². The van der Waals surface area contributed by atoms with Crippen LogP contribution in [0, 0.1) is 12.7 Å². The minimum Gasteiger partial charge on any atom is -0.336 e. The van der Waals surface area contributed by atoms with Gasteiger partial charge < -0.3 is 9.88 Å². The third-order valence-corrected chi connectivity index (χ3v) is 4.63. The largest absolute Gasteiger partial charge is 0.336 e. The molecule has 0 saturated carbocycles. The van der Waals surface area contributed by atoms with Gasteiger partial charge in [-0.15, -0.1) is 0 Å². The van der Waals surface area contributed by atoms with Gasteiger partial charge in [-0.25, -0.2) is 14.1 Å². The SMILES string of the molecule is Cc1ccc(-c2nn(-c3ccc(F)cc3)cc2CNCCn2ccnc2)cc1. The van der Waals surface area contributed by atoms with Crippen molar-refractivity contribution in [2.45, 2.75) is 20.0 Å². The van der Waals surface area contributed by atoms with Gasteiger partial charge in [-0.2, -0.15) is 5.10 Å². The van der Waals surface area contributed by atoms with E-state index < -0.39 is 0 Å². The molecule has 0 amide bonds. The predicted molar refractivity (Wildman–Crippen MR) is 108 cm³/mol. The number of nitrogens with one attached hydrogen (secondary N) is 1. The van der Waals surface area contributed by atoms with Gasteiger partial charge in [0, 0.05) is 49.4 Å². The number of nitrogens with zero attached hydrogens (tertiary/aromatic N) is 4. The Bertz CT molecular complexity index is 1020. The average molecular weight is 375 g/mol. The lowest BCUT2D eigenvalue weighted by Gasteiger charge is -2.06. The highest BCUT2D eigenvalue weighted by atomic mass is 19.1. The molecular weight excluding hydrogens is 353 g/mol. The number of halogens is 1. The van der Waals surface area contributed by atoms with Crippen molar-refractivity contribution in [3.8, 4) is 16.9 Å². The van der Waals surface area contributed by atoms with Crippen LogP contribution in [0.1, 0.15) is 11.1 Å².